The number of carbonyl (C=O) groups is 1. The monoisotopic (exact) mass is 498 g/mol. The molecular formula is C18H16FIN4O2S. The summed E-state index contributed by atoms with van der Waals surface area (Å²) in [6.45, 7) is 2.39. The van der Waals surface area contributed by atoms with Gasteiger partial charge in [0.2, 0.25) is 0 Å². The van der Waals surface area contributed by atoms with E-state index in [4.69, 9.17) is 4.84 Å². The van der Waals surface area contributed by atoms with Crippen molar-refractivity contribution < 1.29 is 14.0 Å². The number of benzene rings is 2. The predicted molar refractivity (Wildman–Crippen MR) is 111 cm³/mol. The van der Waals surface area contributed by atoms with E-state index >= 15 is 4.39 Å². The molecule has 27 heavy (non-hydrogen) atoms. The van der Waals surface area contributed by atoms with Gasteiger partial charge in [-0.2, -0.15) is 8.75 Å². The molecule has 1 fully saturated rings. The molecule has 1 aromatic heterocycles. The van der Waals surface area contributed by atoms with Gasteiger partial charge in [0, 0.05) is 9.26 Å². The molecule has 9 heteroatoms. The van der Waals surface area contributed by atoms with Crippen LogP contribution >= 0.6 is 34.3 Å². The third kappa shape index (κ3) is 4.04. The predicted octanol–water partition coefficient (Wildman–Crippen LogP) is 4.56. The molecule has 0 saturated heterocycles. The van der Waals surface area contributed by atoms with E-state index in [0.29, 0.717) is 23.7 Å². The largest absolute Gasteiger partial charge is 0.352 e. The number of nitrogens with one attached hydrogen (secondary N) is 2. The molecule has 0 radical (unpaired) electrons. The summed E-state index contributed by atoms with van der Waals surface area (Å²) in [5.74, 6) is -0.624. The molecule has 1 saturated carbocycles. The van der Waals surface area contributed by atoms with Gasteiger partial charge in [0.05, 0.1) is 29.6 Å². The number of aromatic nitrogens is 2. The maximum atomic E-state index is 15.1. The maximum Gasteiger partial charge on any atom is 0.277 e. The van der Waals surface area contributed by atoms with Crippen molar-refractivity contribution in [2.75, 3.05) is 11.9 Å². The fourth-order valence-corrected chi connectivity index (χ4v) is 3.83. The lowest BCUT2D eigenvalue weighted by Crippen LogP contribution is -2.26. The van der Waals surface area contributed by atoms with Gasteiger partial charge < -0.3 is 5.32 Å². The number of hydrogen-bond donors (Lipinski definition) is 2. The average molecular weight is 498 g/mol. The van der Waals surface area contributed by atoms with Gasteiger partial charge >= 0.3 is 0 Å². The van der Waals surface area contributed by atoms with Crippen LogP contribution in [0.3, 0.4) is 0 Å². The van der Waals surface area contributed by atoms with Gasteiger partial charge in [-0.1, -0.05) is 0 Å². The standard InChI is InChI=1S/C18H16FIN4O2S/c1-9-6-11(20)4-5-13(9)21-16-12(18(25)22-26-8-10-2-3-10)7-14-17(15(16)19)24-27-23-14/h4-7,10,21H,2-3,8H2,1H3,(H,22,25). The minimum Gasteiger partial charge on any atom is -0.352 e. The van der Waals surface area contributed by atoms with Crippen LogP contribution in [0, 0.1) is 22.2 Å². The van der Waals surface area contributed by atoms with Gasteiger partial charge in [-0.05, 0) is 78.1 Å². The number of aryl methyl sites for hydroxylation is 1. The number of rotatable bonds is 6. The molecule has 4 rings (SSSR count). The van der Waals surface area contributed by atoms with Crippen LogP contribution in [-0.2, 0) is 4.84 Å². The second-order valence-electron chi connectivity index (χ2n) is 6.51. The molecule has 2 aromatic carbocycles. The van der Waals surface area contributed by atoms with Crippen molar-refractivity contribution in [1.82, 2.24) is 14.2 Å². The Morgan fingerprint density at radius 3 is 2.93 bits per heavy atom. The molecule has 0 spiro atoms. The van der Waals surface area contributed by atoms with Crippen LogP contribution in [0.25, 0.3) is 11.0 Å². The Hall–Kier alpha value is -1.85. The van der Waals surface area contributed by atoms with Crippen LogP contribution < -0.4 is 10.8 Å². The van der Waals surface area contributed by atoms with E-state index in [-0.39, 0.29) is 16.8 Å². The number of nitrogens with zero attached hydrogens (tertiary/aromatic N) is 2. The van der Waals surface area contributed by atoms with Crippen molar-refractivity contribution >= 4 is 62.6 Å². The molecule has 2 N–H and O–H groups in total. The van der Waals surface area contributed by atoms with Crippen molar-refractivity contribution in [2.24, 2.45) is 5.92 Å². The van der Waals surface area contributed by atoms with E-state index in [0.717, 1.165) is 33.7 Å². The van der Waals surface area contributed by atoms with Crippen LogP contribution in [0.1, 0.15) is 28.8 Å². The summed E-state index contributed by atoms with van der Waals surface area (Å²) in [7, 11) is 0. The lowest BCUT2D eigenvalue weighted by molar-refractivity contribution is 0.0271. The summed E-state index contributed by atoms with van der Waals surface area (Å²) in [5, 5.41) is 3.05. The molecular weight excluding hydrogens is 482 g/mol. The zero-order valence-corrected chi connectivity index (χ0v) is 17.4. The Bertz CT molecular complexity index is 1020. The Kier molecular flexibility index (Phi) is 5.24. The third-order valence-corrected chi connectivity index (χ3v) is 5.58. The number of anilines is 2. The number of halogens is 2. The number of carbonyl (C=O) groups excluding carboxylic acids is 1. The van der Waals surface area contributed by atoms with Crippen LogP contribution in [0.2, 0.25) is 0 Å². The summed E-state index contributed by atoms with van der Waals surface area (Å²) in [4.78, 5) is 17.9. The molecule has 6 nitrogen and oxygen atoms in total. The highest BCUT2D eigenvalue weighted by molar-refractivity contribution is 14.1. The van der Waals surface area contributed by atoms with E-state index < -0.39 is 11.7 Å². The van der Waals surface area contributed by atoms with Crippen LogP contribution in [0.4, 0.5) is 15.8 Å². The Morgan fingerprint density at radius 2 is 2.19 bits per heavy atom. The molecule has 0 atom stereocenters. The minimum absolute atomic E-state index is 0.0621. The van der Waals surface area contributed by atoms with Crippen LogP contribution in [0.15, 0.2) is 24.3 Å². The quantitative estimate of drug-likeness (QED) is 0.385. The van der Waals surface area contributed by atoms with Gasteiger partial charge in [0.25, 0.3) is 5.91 Å². The van der Waals surface area contributed by atoms with Crippen molar-refractivity contribution in [2.45, 2.75) is 19.8 Å². The Balaban J connectivity index is 1.69. The third-order valence-electron chi connectivity index (χ3n) is 4.37. The summed E-state index contributed by atoms with van der Waals surface area (Å²) >= 11 is 3.12. The second-order valence-corrected chi connectivity index (χ2v) is 8.29. The first kappa shape index (κ1) is 18.5. The lowest BCUT2D eigenvalue weighted by Gasteiger charge is -2.15. The Labute approximate surface area is 172 Å². The van der Waals surface area contributed by atoms with E-state index in [1.807, 2.05) is 25.1 Å². The van der Waals surface area contributed by atoms with Crippen molar-refractivity contribution in [3.63, 3.8) is 0 Å². The van der Waals surface area contributed by atoms with E-state index in [1.165, 1.54) is 6.07 Å². The maximum absolute atomic E-state index is 15.1. The molecule has 3 aromatic rings. The number of hydrogen-bond acceptors (Lipinski definition) is 6. The van der Waals surface area contributed by atoms with E-state index in [2.05, 4.69) is 42.1 Å². The molecule has 1 aliphatic carbocycles. The van der Waals surface area contributed by atoms with Gasteiger partial charge in [0.1, 0.15) is 11.0 Å². The summed E-state index contributed by atoms with van der Waals surface area (Å²) < 4.78 is 24.2. The summed E-state index contributed by atoms with van der Waals surface area (Å²) in [6, 6.07) is 7.27. The SMILES string of the molecule is Cc1cc(I)ccc1Nc1c(C(=O)NOCC2CC2)cc2nsnc2c1F. The topological polar surface area (TPSA) is 76.1 Å². The van der Waals surface area contributed by atoms with Crippen LogP contribution in [0.5, 0.6) is 0 Å². The fraction of sp³-hybridized carbons (Fsp3) is 0.278. The molecule has 0 unspecified atom stereocenters. The van der Waals surface area contributed by atoms with Crippen molar-refractivity contribution in [3.05, 3.63) is 44.8 Å². The highest BCUT2D eigenvalue weighted by atomic mass is 127. The van der Waals surface area contributed by atoms with Gasteiger partial charge in [-0.15, -0.1) is 0 Å². The zero-order chi connectivity index (χ0) is 19.0. The molecule has 1 heterocycles. The zero-order valence-electron chi connectivity index (χ0n) is 14.4. The number of amides is 1. The van der Waals surface area contributed by atoms with Gasteiger partial charge in [-0.25, -0.2) is 9.87 Å². The fourth-order valence-electron chi connectivity index (χ4n) is 2.66. The first-order chi connectivity index (χ1) is 13.0. The molecule has 1 amide bonds. The van der Waals surface area contributed by atoms with Crippen molar-refractivity contribution in [1.29, 1.82) is 0 Å². The van der Waals surface area contributed by atoms with Crippen molar-refractivity contribution in [3.8, 4) is 0 Å². The lowest BCUT2D eigenvalue weighted by atomic mass is 10.1. The van der Waals surface area contributed by atoms with Gasteiger partial charge in [-0.3, -0.25) is 9.63 Å². The molecule has 0 aliphatic heterocycles. The average Bonchev–Trinajstić information content (AvgIpc) is 3.33. The van der Waals surface area contributed by atoms with E-state index in [9.17, 15) is 4.79 Å². The minimum atomic E-state index is -0.605. The molecule has 140 valence electrons. The summed E-state index contributed by atoms with van der Waals surface area (Å²) in [6.07, 6.45) is 2.22. The van der Waals surface area contributed by atoms with Crippen LogP contribution in [-0.4, -0.2) is 21.3 Å². The molecule has 1 aliphatic rings. The normalized spacial score (nSPS) is 13.7. The van der Waals surface area contributed by atoms with Gasteiger partial charge in [0.15, 0.2) is 5.82 Å². The number of fused-ring (bicyclic) bond motifs is 1. The first-order valence-corrected chi connectivity index (χ1v) is 10.2. The first-order valence-electron chi connectivity index (χ1n) is 8.43. The molecule has 0 bridgehead atoms. The smallest absolute Gasteiger partial charge is 0.277 e. The second kappa shape index (κ2) is 7.64. The van der Waals surface area contributed by atoms with E-state index in [1.54, 1.807) is 0 Å². The Morgan fingerprint density at radius 1 is 1.37 bits per heavy atom. The summed E-state index contributed by atoms with van der Waals surface area (Å²) in [5.41, 5.74) is 4.74. The highest BCUT2D eigenvalue weighted by Gasteiger charge is 2.24. The highest BCUT2D eigenvalue weighted by Crippen LogP contribution is 2.32. The number of hydroxylamine groups is 1.